The number of methoxy groups -OCH3 is 1. The van der Waals surface area contributed by atoms with E-state index in [0.717, 1.165) is 0 Å². The summed E-state index contributed by atoms with van der Waals surface area (Å²) in [7, 11) is 1.23. The first-order chi connectivity index (χ1) is 8.54. The van der Waals surface area contributed by atoms with Crippen LogP contribution in [0.4, 0.5) is 4.39 Å². The maximum absolute atomic E-state index is 13.8. The number of carbonyl (C=O) groups is 1. The SMILES string of the molecule is COC(=O)c1c(C)noc1-c1ncc(Br)cc1F. The molecule has 0 aliphatic carbocycles. The number of halogens is 2. The molecule has 0 unspecified atom stereocenters. The van der Waals surface area contributed by atoms with Crippen molar-refractivity contribution >= 4 is 21.9 Å². The van der Waals surface area contributed by atoms with E-state index >= 15 is 0 Å². The smallest absolute Gasteiger partial charge is 0.343 e. The third-order valence-electron chi connectivity index (χ3n) is 2.28. The van der Waals surface area contributed by atoms with Gasteiger partial charge in [-0.15, -0.1) is 0 Å². The number of aromatic nitrogens is 2. The zero-order valence-electron chi connectivity index (χ0n) is 9.53. The fourth-order valence-corrected chi connectivity index (χ4v) is 1.76. The maximum Gasteiger partial charge on any atom is 0.343 e. The number of aryl methyl sites for hydroxylation is 1. The summed E-state index contributed by atoms with van der Waals surface area (Å²) in [6.07, 6.45) is 1.40. The van der Waals surface area contributed by atoms with Crippen LogP contribution in [0.5, 0.6) is 0 Å². The molecule has 0 saturated heterocycles. The summed E-state index contributed by atoms with van der Waals surface area (Å²) in [6.45, 7) is 1.57. The number of esters is 1. The summed E-state index contributed by atoms with van der Waals surface area (Å²) < 4.78 is 23.8. The van der Waals surface area contributed by atoms with E-state index in [1.54, 1.807) is 6.92 Å². The van der Waals surface area contributed by atoms with Gasteiger partial charge in [0.25, 0.3) is 0 Å². The first kappa shape index (κ1) is 12.7. The van der Waals surface area contributed by atoms with Gasteiger partial charge in [0.05, 0.1) is 12.8 Å². The Balaban J connectivity index is 2.61. The molecule has 0 saturated carbocycles. The van der Waals surface area contributed by atoms with Crippen molar-refractivity contribution in [1.82, 2.24) is 10.1 Å². The highest BCUT2D eigenvalue weighted by Crippen LogP contribution is 2.28. The second-order valence-electron chi connectivity index (χ2n) is 3.45. The summed E-state index contributed by atoms with van der Waals surface area (Å²) in [6, 6.07) is 1.22. The van der Waals surface area contributed by atoms with E-state index in [1.165, 1.54) is 19.4 Å². The van der Waals surface area contributed by atoms with Gasteiger partial charge in [0, 0.05) is 10.7 Å². The van der Waals surface area contributed by atoms with Crippen molar-refractivity contribution in [3.05, 3.63) is 33.8 Å². The molecule has 0 aliphatic heterocycles. The molecule has 0 fully saturated rings. The van der Waals surface area contributed by atoms with Crippen molar-refractivity contribution in [1.29, 1.82) is 0 Å². The second kappa shape index (κ2) is 4.85. The number of hydrogen-bond donors (Lipinski definition) is 0. The lowest BCUT2D eigenvalue weighted by atomic mass is 10.1. The Morgan fingerprint density at radius 2 is 2.28 bits per heavy atom. The molecule has 0 N–H and O–H groups in total. The van der Waals surface area contributed by atoms with E-state index in [2.05, 4.69) is 30.8 Å². The Morgan fingerprint density at radius 3 is 2.89 bits per heavy atom. The lowest BCUT2D eigenvalue weighted by Crippen LogP contribution is -2.04. The number of ether oxygens (including phenoxy) is 1. The Hall–Kier alpha value is -1.76. The van der Waals surface area contributed by atoms with Crippen molar-refractivity contribution < 1.29 is 18.4 Å². The van der Waals surface area contributed by atoms with Gasteiger partial charge in [0.15, 0.2) is 5.82 Å². The number of hydrogen-bond acceptors (Lipinski definition) is 5. The number of carbonyl (C=O) groups excluding carboxylic acids is 1. The third-order valence-corrected chi connectivity index (χ3v) is 2.71. The second-order valence-corrected chi connectivity index (χ2v) is 4.36. The van der Waals surface area contributed by atoms with Crippen LogP contribution in [0.3, 0.4) is 0 Å². The van der Waals surface area contributed by atoms with Gasteiger partial charge in [-0.25, -0.2) is 14.2 Å². The number of nitrogens with zero attached hydrogens (tertiary/aromatic N) is 2. The quantitative estimate of drug-likeness (QED) is 0.797. The van der Waals surface area contributed by atoms with Crippen molar-refractivity contribution in [3.8, 4) is 11.5 Å². The predicted octanol–water partition coefficient (Wildman–Crippen LogP) is 2.73. The first-order valence-electron chi connectivity index (χ1n) is 4.90. The molecular weight excluding hydrogens is 307 g/mol. The highest BCUT2D eigenvalue weighted by atomic mass is 79.9. The molecule has 0 atom stereocenters. The van der Waals surface area contributed by atoms with E-state index in [1.807, 2.05) is 0 Å². The third kappa shape index (κ3) is 2.13. The lowest BCUT2D eigenvalue weighted by molar-refractivity contribution is 0.0600. The van der Waals surface area contributed by atoms with Crippen molar-refractivity contribution in [2.45, 2.75) is 6.92 Å². The first-order valence-corrected chi connectivity index (χ1v) is 5.70. The molecule has 5 nitrogen and oxygen atoms in total. The summed E-state index contributed by atoms with van der Waals surface area (Å²) >= 11 is 3.09. The van der Waals surface area contributed by atoms with Crippen molar-refractivity contribution in [3.63, 3.8) is 0 Å². The molecule has 2 aromatic heterocycles. The average molecular weight is 315 g/mol. The molecule has 0 spiro atoms. The largest absolute Gasteiger partial charge is 0.465 e. The van der Waals surface area contributed by atoms with E-state index in [4.69, 9.17) is 4.52 Å². The molecule has 94 valence electrons. The van der Waals surface area contributed by atoms with Crippen LogP contribution in [0.2, 0.25) is 0 Å². The number of rotatable bonds is 2. The van der Waals surface area contributed by atoms with Crippen LogP contribution < -0.4 is 0 Å². The van der Waals surface area contributed by atoms with Crippen LogP contribution in [-0.2, 0) is 4.74 Å². The average Bonchev–Trinajstić information content (AvgIpc) is 2.70. The molecule has 7 heteroatoms. The Morgan fingerprint density at radius 1 is 1.56 bits per heavy atom. The minimum atomic E-state index is -0.645. The molecule has 18 heavy (non-hydrogen) atoms. The minimum absolute atomic E-state index is 0.0376. The van der Waals surface area contributed by atoms with E-state index in [9.17, 15) is 9.18 Å². The van der Waals surface area contributed by atoms with Crippen LogP contribution >= 0.6 is 15.9 Å². The van der Waals surface area contributed by atoms with Gasteiger partial charge in [0.2, 0.25) is 5.76 Å². The molecular formula is C11H8BrFN2O3. The summed E-state index contributed by atoms with van der Waals surface area (Å²) in [4.78, 5) is 15.5. The molecule has 0 aromatic carbocycles. The highest BCUT2D eigenvalue weighted by molar-refractivity contribution is 9.10. The van der Waals surface area contributed by atoms with Gasteiger partial charge in [0.1, 0.15) is 11.3 Å². The van der Waals surface area contributed by atoms with Gasteiger partial charge in [-0.3, -0.25) is 0 Å². The molecule has 2 heterocycles. The van der Waals surface area contributed by atoms with Crippen LogP contribution in [0.1, 0.15) is 16.1 Å². The molecule has 0 amide bonds. The van der Waals surface area contributed by atoms with E-state index < -0.39 is 11.8 Å². The standard InChI is InChI=1S/C11H8BrFN2O3/c1-5-8(11(16)17-2)10(18-15-5)9-7(13)3-6(12)4-14-9/h3-4H,1-2H3. The topological polar surface area (TPSA) is 65.2 Å². The molecule has 0 aliphatic rings. The van der Waals surface area contributed by atoms with Gasteiger partial charge in [-0.2, -0.15) is 0 Å². The Bertz CT molecular complexity index is 612. The van der Waals surface area contributed by atoms with Crippen molar-refractivity contribution in [2.75, 3.05) is 7.11 Å². The van der Waals surface area contributed by atoms with E-state index in [-0.39, 0.29) is 17.0 Å². The minimum Gasteiger partial charge on any atom is -0.465 e. The van der Waals surface area contributed by atoms with Crippen LogP contribution in [0.25, 0.3) is 11.5 Å². The zero-order chi connectivity index (χ0) is 13.3. The van der Waals surface area contributed by atoms with Crippen molar-refractivity contribution in [2.24, 2.45) is 0 Å². The maximum atomic E-state index is 13.8. The normalized spacial score (nSPS) is 10.4. The molecule has 0 bridgehead atoms. The van der Waals surface area contributed by atoms with Gasteiger partial charge >= 0.3 is 5.97 Å². The summed E-state index contributed by atoms with van der Waals surface area (Å²) in [5.41, 5.74) is 0.311. The zero-order valence-corrected chi connectivity index (χ0v) is 11.1. The fraction of sp³-hybridized carbons (Fsp3) is 0.182. The number of pyridine rings is 1. The monoisotopic (exact) mass is 314 g/mol. The Kier molecular flexibility index (Phi) is 3.42. The highest BCUT2D eigenvalue weighted by Gasteiger charge is 2.25. The van der Waals surface area contributed by atoms with Crippen LogP contribution in [0.15, 0.2) is 21.3 Å². The van der Waals surface area contributed by atoms with Gasteiger partial charge < -0.3 is 9.26 Å². The summed E-state index contributed by atoms with van der Waals surface area (Å²) in [5.74, 6) is -1.30. The van der Waals surface area contributed by atoms with E-state index in [0.29, 0.717) is 10.2 Å². The fourth-order valence-electron chi connectivity index (χ4n) is 1.46. The lowest BCUT2D eigenvalue weighted by Gasteiger charge is -2.01. The summed E-state index contributed by atoms with van der Waals surface area (Å²) in [5, 5.41) is 3.63. The van der Waals surface area contributed by atoms with Crippen LogP contribution in [-0.4, -0.2) is 23.2 Å². The molecule has 2 rings (SSSR count). The Labute approximate surface area is 110 Å². The molecule has 0 radical (unpaired) electrons. The van der Waals surface area contributed by atoms with Gasteiger partial charge in [-0.05, 0) is 28.9 Å². The molecule has 2 aromatic rings. The van der Waals surface area contributed by atoms with Gasteiger partial charge in [-0.1, -0.05) is 5.16 Å². The predicted molar refractivity (Wildman–Crippen MR) is 63.5 cm³/mol. The van der Waals surface area contributed by atoms with Crippen LogP contribution in [0, 0.1) is 12.7 Å².